The molecule has 14 aromatic rings. The lowest BCUT2D eigenvalue weighted by Gasteiger charge is -2.23. The van der Waals surface area contributed by atoms with Gasteiger partial charge in [0.15, 0.2) is 0 Å². The molecule has 0 radical (unpaired) electrons. The summed E-state index contributed by atoms with van der Waals surface area (Å²) in [7, 11) is 0. The van der Waals surface area contributed by atoms with Crippen LogP contribution in [0.25, 0.3) is 210 Å². The molecule has 0 saturated carbocycles. The van der Waals surface area contributed by atoms with Gasteiger partial charge in [0.05, 0.1) is 0 Å². The summed E-state index contributed by atoms with van der Waals surface area (Å²) < 4.78 is 41.6. The van der Waals surface area contributed by atoms with Gasteiger partial charge in [0, 0.05) is 65.7 Å². The zero-order chi connectivity index (χ0) is 53.4. The van der Waals surface area contributed by atoms with Crippen molar-refractivity contribution in [3.05, 3.63) is 205 Å². The van der Waals surface area contributed by atoms with E-state index in [9.17, 15) is 0 Å². The molecular weight excluding hydrogens is 1010 g/mol. The second-order valence-electron chi connectivity index (χ2n) is 22.5. The number of aryl methyl sites for hydroxylation is 2. The van der Waals surface area contributed by atoms with Crippen molar-refractivity contribution in [3.63, 3.8) is 0 Å². The molecule has 20 rings (SSSR count). The highest BCUT2D eigenvalue weighted by Gasteiger charge is 2.32. The van der Waals surface area contributed by atoms with Gasteiger partial charge >= 0.3 is 0 Å². The zero-order valence-corrected chi connectivity index (χ0v) is 44.3. The lowest BCUT2D eigenvalue weighted by atomic mass is 9.83. The molecule has 0 atom stereocenters. The molecule has 14 aromatic carbocycles. The minimum atomic E-state index is 0.801. The van der Waals surface area contributed by atoms with E-state index in [0.717, 1.165) is 200 Å². The first kappa shape index (κ1) is 43.3. The Kier molecular flexibility index (Phi) is 8.04. The largest absolute Gasteiger partial charge is 0.456 e. The van der Waals surface area contributed by atoms with Crippen LogP contribution in [0.4, 0.5) is 0 Å². The van der Waals surface area contributed by atoms with Gasteiger partial charge in [-0.1, -0.05) is 98.8 Å². The molecule has 0 fully saturated rings. The van der Waals surface area contributed by atoms with Crippen LogP contribution in [0.15, 0.2) is 221 Å². The topological polar surface area (TPSA) is 78.8 Å². The molecule has 0 bridgehead atoms. The van der Waals surface area contributed by atoms with Gasteiger partial charge in [-0.3, -0.25) is 0 Å². The Morgan fingerprint density at radius 3 is 0.610 bits per heavy atom. The molecule has 6 aliphatic rings. The number of benzene rings is 14. The number of hydrogen-bond acceptors (Lipinski definition) is 6. The van der Waals surface area contributed by atoms with Crippen LogP contribution in [0.2, 0.25) is 0 Å². The second-order valence-corrected chi connectivity index (χ2v) is 22.5. The highest BCUT2D eigenvalue weighted by atomic mass is 16.4. The fourth-order valence-electron chi connectivity index (χ4n) is 14.9. The molecule has 6 heterocycles. The lowest BCUT2D eigenvalue weighted by Crippen LogP contribution is -1.98. The molecule has 382 valence electrons. The molecule has 6 heteroatoms. The van der Waals surface area contributed by atoms with Crippen LogP contribution in [0, 0.1) is 0 Å². The quantitative estimate of drug-likeness (QED) is 0.122. The highest BCUT2D eigenvalue weighted by Crippen LogP contribution is 2.56. The van der Waals surface area contributed by atoms with Crippen molar-refractivity contribution >= 4 is 132 Å². The minimum Gasteiger partial charge on any atom is -0.456 e. The van der Waals surface area contributed by atoms with Gasteiger partial charge in [-0.05, 0) is 210 Å². The first-order chi connectivity index (χ1) is 40.5. The third-order valence-corrected chi connectivity index (χ3v) is 18.6. The molecule has 0 aliphatic carbocycles. The molecule has 82 heavy (non-hydrogen) atoms. The van der Waals surface area contributed by atoms with E-state index in [2.05, 4.69) is 208 Å². The van der Waals surface area contributed by atoms with Gasteiger partial charge in [-0.25, -0.2) is 0 Å². The molecule has 0 spiro atoms. The second kappa shape index (κ2) is 15.2. The molecule has 0 amide bonds. The van der Waals surface area contributed by atoms with Crippen LogP contribution < -0.4 is 0 Å². The van der Waals surface area contributed by atoms with E-state index in [1.165, 1.54) is 33.4 Å². The Morgan fingerprint density at radius 2 is 0.390 bits per heavy atom. The van der Waals surface area contributed by atoms with Crippen molar-refractivity contribution in [2.75, 3.05) is 0 Å². The van der Waals surface area contributed by atoms with Gasteiger partial charge in [0.1, 0.15) is 67.0 Å². The summed E-state index contributed by atoms with van der Waals surface area (Å²) >= 11 is 0. The van der Waals surface area contributed by atoms with Crippen LogP contribution >= 0.6 is 0 Å². The number of hydrogen-bond donors (Lipinski definition) is 0. The Labute approximate surface area is 465 Å². The lowest BCUT2D eigenvalue weighted by molar-refractivity contribution is 0.646. The third kappa shape index (κ3) is 5.40. The fraction of sp³-hybridized carbons (Fsp3) is 0.0526. The fourth-order valence-corrected chi connectivity index (χ4v) is 14.9. The smallest absolute Gasteiger partial charge is 0.136 e. The summed E-state index contributed by atoms with van der Waals surface area (Å²) in [6.07, 6.45) is 2.00. The van der Waals surface area contributed by atoms with Crippen LogP contribution in [-0.2, 0) is 12.8 Å². The van der Waals surface area contributed by atoms with Crippen molar-refractivity contribution in [2.24, 2.45) is 0 Å². The van der Waals surface area contributed by atoms with E-state index in [0.29, 0.717) is 0 Å². The molecule has 0 N–H and O–H groups in total. The first-order valence-corrected chi connectivity index (χ1v) is 28.4. The standard InChI is InChI=1S/C76H42O6/c1-3-37-5-9-39(10-6-37)41-13-25-53-65-47(41)19-31-59-71(65)73-61(77-53)33-21-49-43(15-27-55(79-59)67(49)73)45-17-29-57-69-51(45)23-35-63-75(69)76-64(81-57)36-24-52-46(18-30-58(82-63)70(52)76)44-16-28-56-68-50(44)22-34-62-74(68)72-60(80-56)32-20-48-42(14-26-54(78-62)66(48)72)40-11-7-38(4-2)8-12-40/h5-36H,3-4H2,1-2H3. The summed E-state index contributed by atoms with van der Waals surface area (Å²) in [6, 6.07) is 69.8. The van der Waals surface area contributed by atoms with Crippen LogP contribution in [-0.4, -0.2) is 0 Å². The van der Waals surface area contributed by atoms with Gasteiger partial charge < -0.3 is 26.5 Å². The summed E-state index contributed by atoms with van der Waals surface area (Å²) in [6.45, 7) is 4.39. The molecule has 0 saturated heterocycles. The van der Waals surface area contributed by atoms with Crippen LogP contribution in [0.1, 0.15) is 25.0 Å². The highest BCUT2D eigenvalue weighted by molar-refractivity contribution is 6.32. The zero-order valence-electron chi connectivity index (χ0n) is 44.3. The van der Waals surface area contributed by atoms with Crippen molar-refractivity contribution in [3.8, 4) is 77.9 Å². The molecular formula is C76H42O6. The maximum atomic E-state index is 7.02. The molecule has 0 aromatic heterocycles. The maximum absolute atomic E-state index is 7.02. The normalized spacial score (nSPS) is 12.9. The Balaban J connectivity index is 0.761. The summed E-state index contributed by atoms with van der Waals surface area (Å²) in [4.78, 5) is 0. The van der Waals surface area contributed by atoms with E-state index in [1.54, 1.807) is 0 Å². The Bertz CT molecular complexity index is 5580. The molecule has 6 aliphatic heterocycles. The van der Waals surface area contributed by atoms with Crippen LogP contribution in [0.3, 0.4) is 0 Å². The monoisotopic (exact) mass is 1050 g/mol. The average Bonchev–Trinajstić information content (AvgIpc) is 0.995. The minimum absolute atomic E-state index is 0.801. The van der Waals surface area contributed by atoms with Crippen molar-refractivity contribution < 1.29 is 26.5 Å². The van der Waals surface area contributed by atoms with Crippen molar-refractivity contribution in [1.29, 1.82) is 0 Å². The first-order valence-electron chi connectivity index (χ1n) is 28.4. The SMILES string of the molecule is CCc1ccc(-c2ccc3oc4ccc5c(-c6ccc7oc8ccc9c(-c%10ccc%11oc%12ccc%13c(-c%14ccc(CC)cc%14)ccc%14oc%15ccc%10c%11c%15-c%12c%14%13)ccc%10oc%11ccc6c7c%11-c8c%109)ccc6oc7ccc2c3c7-c4c65)cc1. The summed E-state index contributed by atoms with van der Waals surface area (Å²) in [5.74, 6) is 0. The Hall–Kier alpha value is -10.6. The average molecular weight is 1050 g/mol. The maximum Gasteiger partial charge on any atom is 0.136 e. The summed E-state index contributed by atoms with van der Waals surface area (Å²) in [5, 5.41) is 12.9. The van der Waals surface area contributed by atoms with Crippen molar-refractivity contribution in [2.45, 2.75) is 26.7 Å². The van der Waals surface area contributed by atoms with Gasteiger partial charge in [0.25, 0.3) is 0 Å². The van der Waals surface area contributed by atoms with E-state index < -0.39 is 0 Å². The molecule has 0 unspecified atom stereocenters. The van der Waals surface area contributed by atoms with Crippen LogP contribution in [0.5, 0.6) is 0 Å². The van der Waals surface area contributed by atoms with Gasteiger partial charge in [-0.2, -0.15) is 0 Å². The van der Waals surface area contributed by atoms with Gasteiger partial charge in [-0.15, -0.1) is 0 Å². The van der Waals surface area contributed by atoms with Gasteiger partial charge in [0.2, 0.25) is 0 Å². The van der Waals surface area contributed by atoms with E-state index in [1.807, 2.05) is 0 Å². The van der Waals surface area contributed by atoms with E-state index >= 15 is 0 Å². The summed E-state index contributed by atoms with van der Waals surface area (Å²) in [5.41, 5.74) is 28.0. The third-order valence-electron chi connectivity index (χ3n) is 18.6. The Morgan fingerprint density at radius 1 is 0.195 bits per heavy atom. The predicted molar refractivity (Wildman–Crippen MR) is 334 cm³/mol. The molecule has 6 nitrogen and oxygen atoms in total. The van der Waals surface area contributed by atoms with Crippen molar-refractivity contribution in [1.82, 2.24) is 0 Å². The number of rotatable bonds is 6. The van der Waals surface area contributed by atoms with E-state index in [4.69, 9.17) is 26.5 Å². The predicted octanol–water partition coefficient (Wildman–Crippen LogP) is 22.5. The van der Waals surface area contributed by atoms with E-state index in [-0.39, 0.29) is 0 Å².